The van der Waals surface area contributed by atoms with E-state index in [-0.39, 0.29) is 37.1 Å². The molecule has 3 amide bonds. The Morgan fingerprint density at radius 1 is 1.06 bits per heavy atom. The van der Waals surface area contributed by atoms with E-state index < -0.39 is 0 Å². The van der Waals surface area contributed by atoms with Crippen LogP contribution >= 0.6 is 0 Å². The minimum Gasteiger partial charge on any atom is -0.339 e. The third kappa shape index (κ3) is 4.91. The lowest BCUT2D eigenvalue weighted by Crippen LogP contribution is -2.42. The van der Waals surface area contributed by atoms with Crippen LogP contribution in [0.5, 0.6) is 0 Å². The average molecular weight is 468 g/mol. The van der Waals surface area contributed by atoms with E-state index in [0.717, 1.165) is 5.56 Å². The number of aromatic nitrogens is 3. The molecular formula is C25H20N6O4. The molecule has 0 radical (unpaired) electrons. The van der Waals surface area contributed by atoms with Gasteiger partial charge >= 0.3 is 0 Å². The molecule has 2 aromatic heterocycles. The molecule has 1 aliphatic rings. The number of carbonyl (C=O) groups is 3. The van der Waals surface area contributed by atoms with Gasteiger partial charge in [-0.3, -0.25) is 24.3 Å². The normalized spacial score (nSPS) is 12.6. The van der Waals surface area contributed by atoms with Crippen molar-refractivity contribution in [2.24, 2.45) is 0 Å². The van der Waals surface area contributed by atoms with Crippen LogP contribution < -0.4 is 15.5 Å². The molecule has 35 heavy (non-hydrogen) atoms. The fraction of sp³-hybridized carbons (Fsp3) is 0.120. The summed E-state index contributed by atoms with van der Waals surface area (Å²) in [6, 6.07) is 17.3. The van der Waals surface area contributed by atoms with Gasteiger partial charge in [0.15, 0.2) is 0 Å². The number of aryl methyl sites for hydroxylation is 1. The van der Waals surface area contributed by atoms with Gasteiger partial charge in [0.05, 0.1) is 11.4 Å². The van der Waals surface area contributed by atoms with Gasteiger partial charge in [-0.2, -0.15) is 4.98 Å². The van der Waals surface area contributed by atoms with Gasteiger partial charge < -0.3 is 15.2 Å². The molecule has 10 heteroatoms. The zero-order valence-electron chi connectivity index (χ0n) is 18.5. The highest BCUT2D eigenvalue weighted by molar-refractivity contribution is 6.15. The molecule has 10 nitrogen and oxygen atoms in total. The molecule has 4 aromatic rings. The number of hydrogen-bond donors (Lipinski definition) is 2. The summed E-state index contributed by atoms with van der Waals surface area (Å²) >= 11 is 0. The summed E-state index contributed by atoms with van der Waals surface area (Å²) in [7, 11) is 0. The monoisotopic (exact) mass is 468 g/mol. The predicted octanol–water partition coefficient (Wildman–Crippen LogP) is 3.30. The molecule has 5 rings (SSSR count). The summed E-state index contributed by atoms with van der Waals surface area (Å²) in [6.45, 7) is -0.0630. The van der Waals surface area contributed by atoms with E-state index in [4.69, 9.17) is 4.52 Å². The Hall–Kier alpha value is -4.86. The Morgan fingerprint density at radius 2 is 1.89 bits per heavy atom. The number of anilines is 3. The average Bonchev–Trinajstić information content (AvgIpc) is 3.37. The highest BCUT2D eigenvalue weighted by Crippen LogP contribution is 2.30. The van der Waals surface area contributed by atoms with Gasteiger partial charge in [0.25, 0.3) is 5.91 Å². The maximum Gasteiger partial charge on any atom is 0.258 e. The molecule has 1 aliphatic heterocycles. The fourth-order valence-corrected chi connectivity index (χ4v) is 3.68. The number of fused-ring (bicyclic) bond motifs is 1. The Morgan fingerprint density at radius 3 is 2.69 bits per heavy atom. The number of nitrogens with one attached hydrogen (secondary N) is 2. The number of hydrogen-bond acceptors (Lipinski definition) is 7. The number of pyridine rings is 1. The number of benzene rings is 2. The minimum atomic E-state index is -0.300. The van der Waals surface area contributed by atoms with Crippen molar-refractivity contribution in [2.45, 2.75) is 12.8 Å². The van der Waals surface area contributed by atoms with E-state index in [1.807, 2.05) is 12.1 Å². The minimum absolute atomic E-state index is 0.0630. The summed E-state index contributed by atoms with van der Waals surface area (Å²) in [5.41, 5.74) is 2.92. The van der Waals surface area contributed by atoms with Gasteiger partial charge in [-0.05, 0) is 48.5 Å². The standard InChI is InChI=1S/C25H20N6O4/c32-21(11-12-23-29-24(30-35-23)17-4-3-13-26-14-17)27-18-9-7-16(8-10-18)25(34)31-15-22(33)28-19-5-1-2-6-20(19)31/h1-10,13-14H,11-12,15H2,(H,27,32)(H,28,33). The van der Waals surface area contributed by atoms with Crippen LogP contribution in [-0.2, 0) is 16.0 Å². The third-order valence-corrected chi connectivity index (χ3v) is 5.39. The molecule has 0 aliphatic carbocycles. The number of rotatable bonds is 6. The van der Waals surface area contributed by atoms with Crippen LogP contribution in [0.3, 0.4) is 0 Å². The van der Waals surface area contributed by atoms with Gasteiger partial charge in [0.2, 0.25) is 23.5 Å². The summed E-state index contributed by atoms with van der Waals surface area (Å²) in [4.78, 5) is 47.2. The lowest BCUT2D eigenvalue weighted by molar-refractivity contribution is -0.116. The van der Waals surface area contributed by atoms with Crippen LogP contribution in [0.15, 0.2) is 77.6 Å². The molecule has 2 aromatic carbocycles. The van der Waals surface area contributed by atoms with Crippen molar-refractivity contribution in [3.63, 3.8) is 0 Å². The second kappa shape index (κ2) is 9.56. The topological polar surface area (TPSA) is 130 Å². The van der Waals surface area contributed by atoms with Crippen LogP contribution in [0.25, 0.3) is 11.4 Å². The molecule has 0 spiro atoms. The summed E-state index contributed by atoms with van der Waals surface area (Å²) < 4.78 is 5.21. The molecule has 0 saturated heterocycles. The van der Waals surface area contributed by atoms with Gasteiger partial charge in [-0.1, -0.05) is 17.3 Å². The lowest BCUT2D eigenvalue weighted by Gasteiger charge is -2.29. The lowest BCUT2D eigenvalue weighted by atomic mass is 10.1. The first-order valence-corrected chi connectivity index (χ1v) is 10.9. The van der Waals surface area contributed by atoms with Crippen LogP contribution in [0, 0.1) is 0 Å². The zero-order valence-corrected chi connectivity index (χ0v) is 18.5. The van der Waals surface area contributed by atoms with Gasteiger partial charge in [-0.25, -0.2) is 0 Å². The van der Waals surface area contributed by atoms with Crippen LogP contribution in [0.1, 0.15) is 22.7 Å². The zero-order chi connectivity index (χ0) is 24.2. The maximum absolute atomic E-state index is 13.0. The highest BCUT2D eigenvalue weighted by Gasteiger charge is 2.27. The van der Waals surface area contributed by atoms with Crippen LogP contribution in [0.4, 0.5) is 17.1 Å². The van der Waals surface area contributed by atoms with Crippen molar-refractivity contribution in [3.8, 4) is 11.4 Å². The Bertz CT molecular complexity index is 1380. The molecule has 174 valence electrons. The molecule has 0 unspecified atom stereocenters. The SMILES string of the molecule is O=C(CCc1nc(-c2cccnc2)no1)Nc1ccc(C(=O)N2CC(=O)Nc3ccccc32)cc1. The number of para-hydroxylation sites is 2. The predicted molar refractivity (Wildman–Crippen MR) is 128 cm³/mol. The van der Waals surface area contributed by atoms with E-state index in [1.54, 1.807) is 60.9 Å². The van der Waals surface area contributed by atoms with E-state index in [2.05, 4.69) is 25.8 Å². The Kier molecular flexibility index (Phi) is 6.00. The van der Waals surface area contributed by atoms with E-state index in [0.29, 0.717) is 34.3 Å². The highest BCUT2D eigenvalue weighted by atomic mass is 16.5. The number of nitrogens with zero attached hydrogens (tertiary/aromatic N) is 4. The van der Waals surface area contributed by atoms with Gasteiger partial charge in [0.1, 0.15) is 6.54 Å². The van der Waals surface area contributed by atoms with Crippen LogP contribution in [-0.4, -0.2) is 39.4 Å². The smallest absolute Gasteiger partial charge is 0.258 e. The van der Waals surface area contributed by atoms with E-state index in [9.17, 15) is 14.4 Å². The molecule has 0 saturated carbocycles. The molecule has 0 bridgehead atoms. The van der Waals surface area contributed by atoms with Crippen molar-refractivity contribution in [3.05, 3.63) is 84.5 Å². The van der Waals surface area contributed by atoms with Crippen LogP contribution in [0.2, 0.25) is 0 Å². The molecule has 3 heterocycles. The van der Waals surface area contributed by atoms with E-state index >= 15 is 0 Å². The van der Waals surface area contributed by atoms with Crippen molar-refractivity contribution in [2.75, 3.05) is 22.1 Å². The van der Waals surface area contributed by atoms with Crippen molar-refractivity contribution < 1.29 is 18.9 Å². The van der Waals surface area contributed by atoms with Crippen molar-refractivity contribution in [1.82, 2.24) is 15.1 Å². The molecule has 0 fully saturated rings. The Balaban J connectivity index is 1.18. The maximum atomic E-state index is 13.0. The first-order chi connectivity index (χ1) is 17.1. The molecule has 0 atom stereocenters. The first-order valence-electron chi connectivity index (χ1n) is 10.9. The molecule has 2 N–H and O–H groups in total. The Labute approximate surface area is 200 Å². The second-order valence-corrected chi connectivity index (χ2v) is 7.84. The second-order valence-electron chi connectivity index (χ2n) is 7.84. The van der Waals surface area contributed by atoms with Crippen molar-refractivity contribution in [1.29, 1.82) is 0 Å². The van der Waals surface area contributed by atoms with Gasteiger partial charge in [0, 0.05) is 42.0 Å². The summed E-state index contributed by atoms with van der Waals surface area (Å²) in [5, 5.41) is 9.47. The first kappa shape index (κ1) is 22.0. The van der Waals surface area contributed by atoms with E-state index in [1.165, 1.54) is 4.90 Å². The number of carbonyl (C=O) groups excluding carboxylic acids is 3. The van der Waals surface area contributed by atoms with Gasteiger partial charge in [-0.15, -0.1) is 0 Å². The fourth-order valence-electron chi connectivity index (χ4n) is 3.68. The largest absolute Gasteiger partial charge is 0.339 e. The molecular weight excluding hydrogens is 448 g/mol. The quantitative estimate of drug-likeness (QED) is 0.444. The van der Waals surface area contributed by atoms with Crippen molar-refractivity contribution >= 4 is 34.8 Å². The number of amides is 3. The third-order valence-electron chi connectivity index (χ3n) is 5.39. The summed E-state index contributed by atoms with van der Waals surface area (Å²) in [6.07, 6.45) is 3.72. The summed E-state index contributed by atoms with van der Waals surface area (Å²) in [5.74, 6) is -0.0130.